The average molecular weight is 360 g/mol. The predicted octanol–water partition coefficient (Wildman–Crippen LogP) is 5.55. The van der Waals surface area contributed by atoms with Crippen molar-refractivity contribution in [2.45, 2.75) is 32.5 Å². The second-order valence-corrected chi connectivity index (χ2v) is 6.28. The van der Waals surface area contributed by atoms with E-state index < -0.39 is 11.7 Å². The zero-order chi connectivity index (χ0) is 18.7. The zero-order valence-corrected chi connectivity index (χ0v) is 14.3. The van der Waals surface area contributed by atoms with Gasteiger partial charge in [0.05, 0.1) is 12.2 Å². The van der Waals surface area contributed by atoms with E-state index in [1.54, 1.807) is 6.07 Å². The van der Waals surface area contributed by atoms with E-state index in [2.05, 4.69) is 0 Å². The molecule has 0 spiro atoms. The third-order valence-corrected chi connectivity index (χ3v) is 4.33. The Hall–Kier alpha value is -2.53. The van der Waals surface area contributed by atoms with Crippen LogP contribution < -0.4 is 0 Å². The van der Waals surface area contributed by atoms with E-state index in [9.17, 15) is 18.3 Å². The highest BCUT2D eigenvalue weighted by molar-refractivity contribution is 5.59. The van der Waals surface area contributed by atoms with Crippen LogP contribution in [-0.2, 0) is 25.6 Å². The van der Waals surface area contributed by atoms with E-state index in [1.165, 1.54) is 17.7 Å². The molecule has 0 saturated heterocycles. The fraction of sp³-hybridized carbons (Fsp3) is 0.238. The van der Waals surface area contributed by atoms with Crippen LogP contribution in [0.3, 0.4) is 0 Å². The summed E-state index contributed by atoms with van der Waals surface area (Å²) in [5, 5.41) is 9.55. The Morgan fingerprint density at radius 3 is 2.15 bits per heavy atom. The number of furan rings is 1. The lowest BCUT2D eigenvalue weighted by molar-refractivity contribution is -0.137. The van der Waals surface area contributed by atoms with E-state index in [-0.39, 0.29) is 6.61 Å². The third-order valence-electron chi connectivity index (χ3n) is 4.33. The van der Waals surface area contributed by atoms with E-state index in [0.717, 1.165) is 24.1 Å². The number of aliphatic hydroxyl groups excluding tert-OH is 1. The Balaban J connectivity index is 1.78. The molecule has 0 radical (unpaired) electrons. The summed E-state index contributed by atoms with van der Waals surface area (Å²) in [6.07, 6.45) is -3.00. The number of halogens is 3. The average Bonchev–Trinajstić information content (AvgIpc) is 3.04. The summed E-state index contributed by atoms with van der Waals surface area (Å²) in [7, 11) is 0. The highest BCUT2D eigenvalue weighted by Gasteiger charge is 2.30. The van der Waals surface area contributed by atoms with Crippen molar-refractivity contribution >= 4 is 0 Å². The van der Waals surface area contributed by atoms with Crippen LogP contribution >= 0.6 is 0 Å². The summed E-state index contributed by atoms with van der Waals surface area (Å²) < 4.78 is 43.8. The first-order valence-electron chi connectivity index (χ1n) is 8.32. The molecule has 2 aromatic carbocycles. The molecule has 0 fully saturated rings. The van der Waals surface area contributed by atoms with Gasteiger partial charge in [0, 0.05) is 17.5 Å². The molecule has 1 heterocycles. The van der Waals surface area contributed by atoms with Gasteiger partial charge < -0.3 is 9.52 Å². The summed E-state index contributed by atoms with van der Waals surface area (Å²) in [5.74, 6) is 1.12. The number of aryl methyl sites for hydroxylation is 3. The van der Waals surface area contributed by atoms with Crippen LogP contribution in [0.1, 0.15) is 28.0 Å². The molecular weight excluding hydrogens is 341 g/mol. The van der Waals surface area contributed by atoms with Crippen LogP contribution in [0.4, 0.5) is 13.2 Å². The molecule has 0 aliphatic carbocycles. The third kappa shape index (κ3) is 4.17. The minimum atomic E-state index is -4.36. The van der Waals surface area contributed by atoms with Crippen molar-refractivity contribution in [1.29, 1.82) is 0 Å². The molecule has 5 heteroatoms. The van der Waals surface area contributed by atoms with Gasteiger partial charge in [0.1, 0.15) is 11.5 Å². The molecule has 0 amide bonds. The van der Waals surface area contributed by atoms with Crippen molar-refractivity contribution in [2.24, 2.45) is 0 Å². The van der Waals surface area contributed by atoms with E-state index in [0.29, 0.717) is 29.1 Å². The van der Waals surface area contributed by atoms with Crippen LogP contribution in [0.2, 0.25) is 0 Å². The number of rotatable bonds is 5. The summed E-state index contributed by atoms with van der Waals surface area (Å²) in [6.45, 7) is 1.85. The van der Waals surface area contributed by atoms with Gasteiger partial charge in [0.15, 0.2) is 0 Å². The van der Waals surface area contributed by atoms with Crippen molar-refractivity contribution in [2.75, 3.05) is 0 Å². The zero-order valence-electron chi connectivity index (χ0n) is 14.3. The van der Waals surface area contributed by atoms with Gasteiger partial charge in [0.25, 0.3) is 0 Å². The van der Waals surface area contributed by atoms with Crippen molar-refractivity contribution in [3.63, 3.8) is 0 Å². The Morgan fingerprint density at radius 1 is 0.923 bits per heavy atom. The summed E-state index contributed by atoms with van der Waals surface area (Å²) in [4.78, 5) is 0. The van der Waals surface area contributed by atoms with Gasteiger partial charge >= 0.3 is 6.18 Å². The second kappa shape index (κ2) is 7.38. The minimum absolute atomic E-state index is 0.173. The van der Waals surface area contributed by atoms with E-state index in [1.807, 2.05) is 31.2 Å². The number of aliphatic hydroxyl groups is 1. The largest absolute Gasteiger partial charge is 0.461 e. The van der Waals surface area contributed by atoms with Gasteiger partial charge in [-0.1, -0.05) is 42.0 Å². The first kappa shape index (κ1) is 18.3. The van der Waals surface area contributed by atoms with Gasteiger partial charge in [-0.3, -0.25) is 0 Å². The summed E-state index contributed by atoms with van der Waals surface area (Å²) in [6, 6.07) is 14.7. The number of alkyl halides is 3. The Bertz CT molecular complexity index is 860. The molecule has 0 aliphatic rings. The van der Waals surface area contributed by atoms with Crippen LogP contribution in [0.5, 0.6) is 0 Å². The molecule has 26 heavy (non-hydrogen) atoms. The molecule has 1 aromatic heterocycles. The van der Waals surface area contributed by atoms with Crippen LogP contribution in [0.15, 0.2) is 59.0 Å². The van der Waals surface area contributed by atoms with Gasteiger partial charge in [-0.25, -0.2) is 0 Å². The van der Waals surface area contributed by atoms with Gasteiger partial charge in [-0.2, -0.15) is 13.2 Å². The summed E-state index contributed by atoms with van der Waals surface area (Å²) >= 11 is 0. The fourth-order valence-electron chi connectivity index (χ4n) is 2.79. The number of hydrogen-bond acceptors (Lipinski definition) is 2. The van der Waals surface area contributed by atoms with Crippen molar-refractivity contribution in [1.82, 2.24) is 0 Å². The first-order valence-corrected chi connectivity index (χ1v) is 8.32. The molecule has 0 bridgehead atoms. The topological polar surface area (TPSA) is 33.4 Å². The highest BCUT2D eigenvalue weighted by atomic mass is 19.4. The predicted molar refractivity (Wildman–Crippen MR) is 93.7 cm³/mol. The number of benzene rings is 2. The molecular formula is C21H19F3O2. The maximum Gasteiger partial charge on any atom is 0.416 e. The maximum absolute atomic E-state index is 12.7. The lowest BCUT2D eigenvalue weighted by atomic mass is 10.1. The smallest absolute Gasteiger partial charge is 0.416 e. The molecule has 3 aromatic rings. The molecule has 3 rings (SSSR count). The Morgan fingerprint density at radius 2 is 1.58 bits per heavy atom. The molecule has 0 unspecified atom stereocenters. The van der Waals surface area contributed by atoms with Crippen molar-refractivity contribution < 1.29 is 22.7 Å². The fourth-order valence-corrected chi connectivity index (χ4v) is 2.79. The Kier molecular flexibility index (Phi) is 5.18. The van der Waals surface area contributed by atoms with Crippen LogP contribution in [-0.4, -0.2) is 5.11 Å². The van der Waals surface area contributed by atoms with Gasteiger partial charge in [-0.15, -0.1) is 0 Å². The SMILES string of the molecule is Cc1ccc(CCc2oc(-c3ccc(C(F)(F)F)cc3)cc2CO)cc1. The minimum Gasteiger partial charge on any atom is -0.461 e. The van der Waals surface area contributed by atoms with Crippen LogP contribution in [0, 0.1) is 6.92 Å². The lowest BCUT2D eigenvalue weighted by Gasteiger charge is -2.06. The Labute approximate surface area is 149 Å². The standard InChI is InChI=1S/C21H19F3O2/c1-14-2-4-15(5-3-14)6-11-19-17(13-25)12-20(26-19)16-7-9-18(10-8-16)21(22,23)24/h2-5,7-10,12,25H,6,11,13H2,1H3. The van der Waals surface area contributed by atoms with Crippen LogP contribution in [0.25, 0.3) is 11.3 Å². The molecule has 0 aliphatic heterocycles. The maximum atomic E-state index is 12.7. The quantitative estimate of drug-likeness (QED) is 0.647. The second-order valence-electron chi connectivity index (χ2n) is 6.28. The van der Waals surface area contributed by atoms with Gasteiger partial charge in [0.2, 0.25) is 0 Å². The lowest BCUT2D eigenvalue weighted by Crippen LogP contribution is -2.03. The molecule has 1 N–H and O–H groups in total. The normalized spacial score (nSPS) is 11.7. The summed E-state index contributed by atoms with van der Waals surface area (Å²) in [5.41, 5.74) is 2.86. The monoisotopic (exact) mass is 360 g/mol. The van der Waals surface area contributed by atoms with E-state index in [4.69, 9.17) is 4.42 Å². The first-order chi connectivity index (χ1) is 12.4. The molecule has 0 atom stereocenters. The van der Waals surface area contributed by atoms with Crippen molar-refractivity contribution in [3.05, 3.63) is 82.6 Å². The highest BCUT2D eigenvalue weighted by Crippen LogP contribution is 2.32. The van der Waals surface area contributed by atoms with Crippen molar-refractivity contribution in [3.8, 4) is 11.3 Å². The molecule has 136 valence electrons. The molecule has 2 nitrogen and oxygen atoms in total. The number of hydrogen-bond donors (Lipinski definition) is 1. The van der Waals surface area contributed by atoms with E-state index >= 15 is 0 Å². The molecule has 0 saturated carbocycles. The van der Waals surface area contributed by atoms with Gasteiger partial charge in [-0.05, 0) is 37.1 Å².